The van der Waals surface area contributed by atoms with E-state index in [1.165, 1.54) is 12.8 Å². The molecule has 3 rings (SSSR count). The fraction of sp³-hybridized carbons (Fsp3) is 0.619. The molecule has 1 aromatic rings. The molecule has 0 bridgehead atoms. The summed E-state index contributed by atoms with van der Waals surface area (Å²) in [5.74, 6) is 0.424. The van der Waals surface area contributed by atoms with E-state index < -0.39 is 0 Å². The first-order valence-corrected chi connectivity index (χ1v) is 10.2. The number of carbonyl (C=O) groups is 2. The SMILES string of the molecule is Nc1ccccc1CCC(=O)N1CCN(CC(=O)N2CCCCCC2)CC1. The molecule has 6 heteroatoms. The largest absolute Gasteiger partial charge is 0.399 e. The Kier molecular flexibility index (Phi) is 7.10. The number of amides is 2. The maximum absolute atomic E-state index is 12.5. The van der Waals surface area contributed by atoms with Gasteiger partial charge in [-0.25, -0.2) is 0 Å². The highest BCUT2D eigenvalue weighted by Crippen LogP contribution is 2.14. The number of aryl methyl sites for hydroxylation is 1. The second kappa shape index (κ2) is 9.74. The van der Waals surface area contributed by atoms with Crippen molar-refractivity contribution in [3.8, 4) is 0 Å². The molecule has 2 fully saturated rings. The minimum absolute atomic E-state index is 0.178. The molecule has 0 spiro atoms. The Bertz CT molecular complexity index is 633. The van der Waals surface area contributed by atoms with Gasteiger partial charge in [-0.15, -0.1) is 0 Å². The Morgan fingerprint density at radius 2 is 1.44 bits per heavy atom. The Labute approximate surface area is 162 Å². The molecule has 148 valence electrons. The van der Waals surface area contributed by atoms with Gasteiger partial charge in [0, 0.05) is 51.4 Å². The van der Waals surface area contributed by atoms with Crippen LogP contribution in [0.25, 0.3) is 0 Å². The van der Waals surface area contributed by atoms with E-state index in [9.17, 15) is 9.59 Å². The van der Waals surface area contributed by atoms with Crippen molar-refractivity contribution in [3.05, 3.63) is 29.8 Å². The third kappa shape index (κ3) is 5.70. The number of nitrogens with zero attached hydrogens (tertiary/aromatic N) is 3. The van der Waals surface area contributed by atoms with Crippen molar-refractivity contribution in [2.75, 3.05) is 51.5 Å². The molecule has 0 atom stereocenters. The summed E-state index contributed by atoms with van der Waals surface area (Å²) in [4.78, 5) is 31.1. The first-order chi connectivity index (χ1) is 13.1. The van der Waals surface area contributed by atoms with Crippen molar-refractivity contribution < 1.29 is 9.59 Å². The van der Waals surface area contributed by atoms with Gasteiger partial charge in [0.1, 0.15) is 0 Å². The first kappa shape index (κ1) is 19.7. The maximum Gasteiger partial charge on any atom is 0.236 e. The van der Waals surface area contributed by atoms with Gasteiger partial charge in [-0.1, -0.05) is 31.0 Å². The van der Waals surface area contributed by atoms with Crippen LogP contribution in [0, 0.1) is 0 Å². The van der Waals surface area contributed by atoms with Crippen molar-refractivity contribution in [1.82, 2.24) is 14.7 Å². The molecule has 6 nitrogen and oxygen atoms in total. The van der Waals surface area contributed by atoms with Gasteiger partial charge in [0.25, 0.3) is 0 Å². The van der Waals surface area contributed by atoms with Crippen LogP contribution in [0.15, 0.2) is 24.3 Å². The summed E-state index contributed by atoms with van der Waals surface area (Å²) in [5, 5.41) is 0. The number of para-hydroxylation sites is 1. The van der Waals surface area contributed by atoms with Gasteiger partial charge in [-0.2, -0.15) is 0 Å². The van der Waals surface area contributed by atoms with Crippen LogP contribution in [0.4, 0.5) is 5.69 Å². The average molecular weight is 373 g/mol. The first-order valence-electron chi connectivity index (χ1n) is 10.2. The lowest BCUT2D eigenvalue weighted by molar-refractivity contribution is -0.135. The number of carbonyl (C=O) groups excluding carboxylic acids is 2. The van der Waals surface area contributed by atoms with E-state index in [0.29, 0.717) is 32.5 Å². The van der Waals surface area contributed by atoms with Crippen molar-refractivity contribution in [2.24, 2.45) is 0 Å². The van der Waals surface area contributed by atoms with E-state index in [-0.39, 0.29) is 11.8 Å². The minimum atomic E-state index is 0.178. The van der Waals surface area contributed by atoms with E-state index in [1.807, 2.05) is 34.1 Å². The number of nitrogens with two attached hydrogens (primary N) is 1. The van der Waals surface area contributed by atoms with Crippen molar-refractivity contribution in [1.29, 1.82) is 0 Å². The van der Waals surface area contributed by atoms with Gasteiger partial charge in [0.05, 0.1) is 6.54 Å². The number of piperazine rings is 1. The van der Waals surface area contributed by atoms with E-state index >= 15 is 0 Å². The molecule has 2 amide bonds. The number of anilines is 1. The molecule has 0 aliphatic carbocycles. The number of hydrogen-bond acceptors (Lipinski definition) is 4. The van der Waals surface area contributed by atoms with Crippen LogP contribution in [0.1, 0.15) is 37.7 Å². The molecule has 0 saturated carbocycles. The number of benzene rings is 1. The normalized spacial score (nSPS) is 19.0. The molecular weight excluding hydrogens is 340 g/mol. The lowest BCUT2D eigenvalue weighted by Crippen LogP contribution is -2.51. The monoisotopic (exact) mass is 372 g/mol. The zero-order chi connectivity index (χ0) is 19.1. The molecule has 2 heterocycles. The molecule has 0 radical (unpaired) electrons. The van der Waals surface area contributed by atoms with E-state index in [0.717, 1.165) is 50.3 Å². The van der Waals surface area contributed by atoms with Crippen LogP contribution in [-0.2, 0) is 16.0 Å². The molecular formula is C21H32N4O2. The lowest BCUT2D eigenvalue weighted by Gasteiger charge is -2.35. The third-order valence-corrected chi connectivity index (χ3v) is 5.71. The highest BCUT2D eigenvalue weighted by atomic mass is 16.2. The van der Waals surface area contributed by atoms with Gasteiger partial charge in [0.2, 0.25) is 11.8 Å². The smallest absolute Gasteiger partial charge is 0.236 e. The maximum atomic E-state index is 12.5. The lowest BCUT2D eigenvalue weighted by atomic mass is 10.1. The summed E-state index contributed by atoms with van der Waals surface area (Å²) in [6, 6.07) is 7.72. The third-order valence-electron chi connectivity index (χ3n) is 5.71. The second-order valence-electron chi connectivity index (χ2n) is 7.65. The fourth-order valence-electron chi connectivity index (χ4n) is 3.93. The molecule has 2 aliphatic heterocycles. The van der Waals surface area contributed by atoms with Gasteiger partial charge >= 0.3 is 0 Å². The van der Waals surface area contributed by atoms with E-state index in [4.69, 9.17) is 5.73 Å². The summed E-state index contributed by atoms with van der Waals surface area (Å²) in [5.41, 5.74) is 7.74. The zero-order valence-corrected chi connectivity index (χ0v) is 16.2. The Balaban J connectivity index is 1.39. The van der Waals surface area contributed by atoms with Crippen molar-refractivity contribution in [2.45, 2.75) is 38.5 Å². The zero-order valence-electron chi connectivity index (χ0n) is 16.2. The Hall–Kier alpha value is -2.08. The molecule has 2 aliphatic rings. The van der Waals surface area contributed by atoms with Gasteiger partial charge in [-0.05, 0) is 30.9 Å². The molecule has 27 heavy (non-hydrogen) atoms. The summed E-state index contributed by atoms with van der Waals surface area (Å²) < 4.78 is 0. The molecule has 1 aromatic carbocycles. The standard InChI is InChI=1S/C21H32N4O2/c22-19-8-4-3-7-18(19)9-10-20(26)25-15-13-23(14-16-25)17-21(27)24-11-5-1-2-6-12-24/h3-4,7-8H,1-2,5-6,9-17,22H2. The average Bonchev–Trinajstić information content (AvgIpc) is 2.97. The van der Waals surface area contributed by atoms with Crippen LogP contribution in [0.2, 0.25) is 0 Å². The summed E-state index contributed by atoms with van der Waals surface area (Å²) >= 11 is 0. The van der Waals surface area contributed by atoms with Gasteiger partial charge < -0.3 is 15.5 Å². The van der Waals surface area contributed by atoms with Crippen molar-refractivity contribution in [3.63, 3.8) is 0 Å². The Morgan fingerprint density at radius 3 is 2.11 bits per heavy atom. The molecule has 0 aromatic heterocycles. The number of nitrogen functional groups attached to an aromatic ring is 1. The number of likely N-dealkylation sites (tertiary alicyclic amines) is 1. The number of rotatable bonds is 5. The number of hydrogen-bond donors (Lipinski definition) is 1. The van der Waals surface area contributed by atoms with Crippen LogP contribution in [0.3, 0.4) is 0 Å². The van der Waals surface area contributed by atoms with E-state index in [1.54, 1.807) is 0 Å². The predicted octanol–water partition coefficient (Wildman–Crippen LogP) is 1.75. The summed E-state index contributed by atoms with van der Waals surface area (Å²) in [6.07, 6.45) is 5.89. The topological polar surface area (TPSA) is 69.9 Å². The van der Waals surface area contributed by atoms with Gasteiger partial charge in [-0.3, -0.25) is 14.5 Å². The second-order valence-corrected chi connectivity index (χ2v) is 7.65. The highest BCUT2D eigenvalue weighted by Gasteiger charge is 2.24. The summed E-state index contributed by atoms with van der Waals surface area (Å²) in [6.45, 7) is 5.26. The van der Waals surface area contributed by atoms with Crippen LogP contribution in [0.5, 0.6) is 0 Å². The fourth-order valence-corrected chi connectivity index (χ4v) is 3.93. The highest BCUT2D eigenvalue weighted by molar-refractivity contribution is 5.78. The van der Waals surface area contributed by atoms with Gasteiger partial charge in [0.15, 0.2) is 0 Å². The predicted molar refractivity (Wildman–Crippen MR) is 107 cm³/mol. The van der Waals surface area contributed by atoms with Crippen molar-refractivity contribution >= 4 is 17.5 Å². The Morgan fingerprint density at radius 1 is 0.815 bits per heavy atom. The molecule has 0 unspecified atom stereocenters. The van der Waals surface area contributed by atoms with Crippen LogP contribution >= 0.6 is 0 Å². The molecule has 2 saturated heterocycles. The molecule has 2 N–H and O–H groups in total. The quantitative estimate of drug-likeness (QED) is 0.800. The summed E-state index contributed by atoms with van der Waals surface area (Å²) in [7, 11) is 0. The minimum Gasteiger partial charge on any atom is -0.399 e. The van der Waals surface area contributed by atoms with E-state index in [2.05, 4.69) is 4.90 Å². The van der Waals surface area contributed by atoms with Crippen LogP contribution in [-0.4, -0.2) is 72.3 Å². The van der Waals surface area contributed by atoms with Crippen LogP contribution < -0.4 is 5.73 Å².